The smallest absolute Gasteiger partial charge is 0.416 e. The lowest BCUT2D eigenvalue weighted by Crippen LogP contribution is -2.67. The van der Waals surface area contributed by atoms with Gasteiger partial charge < -0.3 is 19.6 Å². The third-order valence-electron chi connectivity index (χ3n) is 12.8. The van der Waals surface area contributed by atoms with Crippen molar-refractivity contribution >= 4 is 43.8 Å². The van der Waals surface area contributed by atoms with Gasteiger partial charge in [-0.2, -0.15) is 26.3 Å². The predicted octanol–water partition coefficient (Wildman–Crippen LogP) is 9.31. The molecule has 3 saturated heterocycles. The van der Waals surface area contributed by atoms with Crippen LogP contribution in [-0.4, -0.2) is 30.7 Å². The quantitative estimate of drug-likeness (QED) is 0.0681. The third-order valence-corrected chi connectivity index (χ3v) is 12.8. The van der Waals surface area contributed by atoms with E-state index in [4.69, 9.17) is 9.73 Å². The van der Waals surface area contributed by atoms with E-state index in [1.54, 1.807) is 19.4 Å². The van der Waals surface area contributed by atoms with Crippen molar-refractivity contribution in [2.24, 2.45) is 16.8 Å². The zero-order valence-electron chi connectivity index (χ0n) is 32.3. The van der Waals surface area contributed by atoms with Gasteiger partial charge in [0.05, 0.1) is 42.4 Å². The lowest BCUT2D eigenvalue weighted by Gasteiger charge is -2.58. The molecular formula is C47H39F6N4O3+. The fourth-order valence-electron chi connectivity index (χ4n) is 9.85. The van der Waals surface area contributed by atoms with Gasteiger partial charge in [0, 0.05) is 47.7 Å². The maximum absolute atomic E-state index is 13.9. The maximum Gasteiger partial charge on any atom is 0.416 e. The number of hydrogen-bond acceptors (Lipinski definition) is 5. The van der Waals surface area contributed by atoms with Crippen LogP contribution < -0.4 is 30.9 Å². The monoisotopic (exact) mass is 821 g/mol. The van der Waals surface area contributed by atoms with Crippen molar-refractivity contribution < 1.29 is 45.7 Å². The molecule has 0 aliphatic carbocycles. The Bertz CT molecular complexity index is 2830. The van der Waals surface area contributed by atoms with Crippen LogP contribution in [0.5, 0.6) is 11.5 Å². The molecular weight excluding hydrogens is 783 g/mol. The summed E-state index contributed by atoms with van der Waals surface area (Å²) < 4.78 is 89.3. The molecule has 2 N–H and O–H groups in total. The Balaban J connectivity index is 1.26. The van der Waals surface area contributed by atoms with E-state index in [1.807, 2.05) is 48.5 Å². The Morgan fingerprint density at radius 2 is 1.58 bits per heavy atom. The lowest BCUT2D eigenvalue weighted by atomic mass is 9.70. The number of rotatable bonds is 9. The van der Waals surface area contributed by atoms with E-state index in [2.05, 4.69) is 47.2 Å². The Kier molecular flexibility index (Phi) is 9.49. The van der Waals surface area contributed by atoms with E-state index in [1.165, 1.54) is 0 Å². The zero-order chi connectivity index (χ0) is 42.1. The number of aromatic nitrogens is 1. The Hall–Kier alpha value is -6.21. The minimum atomic E-state index is -5.12. The van der Waals surface area contributed by atoms with Gasteiger partial charge in [0.2, 0.25) is 5.52 Å². The zero-order valence-corrected chi connectivity index (χ0v) is 32.3. The first-order valence-electron chi connectivity index (χ1n) is 19.6. The molecule has 60 heavy (non-hydrogen) atoms. The van der Waals surface area contributed by atoms with Gasteiger partial charge in [0.1, 0.15) is 29.7 Å². The summed E-state index contributed by atoms with van der Waals surface area (Å²) in [5, 5.41) is 20.5. The number of methoxy groups -OCH3 is 1. The fourth-order valence-corrected chi connectivity index (χ4v) is 9.85. The number of pyridine rings is 1. The number of fused-ring (bicyclic) bond motifs is 6. The Labute approximate surface area is 340 Å². The van der Waals surface area contributed by atoms with Gasteiger partial charge in [0.15, 0.2) is 11.6 Å². The number of ether oxygens (including phenoxy) is 1. The van der Waals surface area contributed by atoms with Crippen molar-refractivity contribution in [2.75, 3.05) is 25.5 Å². The van der Waals surface area contributed by atoms with E-state index in [9.17, 15) is 36.2 Å². The summed E-state index contributed by atoms with van der Waals surface area (Å²) in [6.45, 7) is 6.30. The van der Waals surface area contributed by atoms with Crippen molar-refractivity contribution in [2.45, 2.75) is 43.8 Å². The second-order valence-corrected chi connectivity index (χ2v) is 16.1. The molecule has 13 heteroatoms. The first kappa shape index (κ1) is 39.3. The molecule has 4 heterocycles. The van der Waals surface area contributed by atoms with Crippen LogP contribution in [0.3, 0.4) is 0 Å². The molecule has 0 radical (unpaired) electrons. The van der Waals surface area contributed by atoms with E-state index in [0.717, 1.165) is 51.0 Å². The average Bonchev–Trinajstić information content (AvgIpc) is 3.25. The number of halogens is 6. The number of alkyl halides is 6. The SMILES string of the molecule is C=C[C@H]1C[N@+]2(Cc3c4ccccc4cc4ccccc34)CC[C@H]1C[C@H]2[C@@H](N=c1c(Nc2cc(C(F)(F)F)cc(C(F)(F)F)c2)c([O-])c1=O)c1cc[nH+]c2ccc(OC)cc12. The lowest BCUT2D eigenvalue weighted by molar-refractivity contribution is -0.982. The molecule has 3 fully saturated rings. The van der Waals surface area contributed by atoms with Gasteiger partial charge in [-0.25, -0.2) is 4.98 Å². The third kappa shape index (κ3) is 6.74. The molecule has 306 valence electrons. The van der Waals surface area contributed by atoms with E-state index < -0.39 is 52.1 Å². The number of anilines is 2. The minimum absolute atomic E-state index is 0.00553. The molecule has 0 amide bonds. The molecule has 10 rings (SSSR count). The first-order chi connectivity index (χ1) is 28.7. The first-order valence-corrected chi connectivity index (χ1v) is 19.6. The van der Waals surface area contributed by atoms with E-state index in [0.29, 0.717) is 47.4 Å². The van der Waals surface area contributed by atoms with Crippen LogP contribution in [0.4, 0.5) is 37.7 Å². The highest BCUT2D eigenvalue weighted by Gasteiger charge is 2.55. The summed E-state index contributed by atoms with van der Waals surface area (Å²) in [6, 6.07) is 25.9. The van der Waals surface area contributed by atoms with Crippen molar-refractivity contribution in [3.63, 3.8) is 0 Å². The van der Waals surface area contributed by atoms with Gasteiger partial charge in [-0.15, -0.1) is 6.58 Å². The number of hydrogen-bond donors (Lipinski definition) is 1. The van der Waals surface area contributed by atoms with Gasteiger partial charge in [-0.3, -0.25) is 9.79 Å². The highest BCUT2D eigenvalue weighted by Crippen LogP contribution is 2.50. The average molecular weight is 822 g/mol. The van der Waals surface area contributed by atoms with Gasteiger partial charge in [0.25, 0.3) is 0 Å². The molecule has 3 aliphatic heterocycles. The summed E-state index contributed by atoms with van der Waals surface area (Å²) >= 11 is 0. The molecule has 2 bridgehead atoms. The fraction of sp³-hybridized carbons (Fsp3) is 0.255. The van der Waals surface area contributed by atoms with Crippen LogP contribution in [0.25, 0.3) is 32.4 Å². The molecule has 5 atom stereocenters. The second kappa shape index (κ2) is 14.5. The molecule has 6 aromatic carbocycles. The van der Waals surface area contributed by atoms with Gasteiger partial charge in [-0.05, 0) is 69.6 Å². The summed E-state index contributed by atoms with van der Waals surface area (Å²) in [7, 11) is 1.55. The van der Waals surface area contributed by atoms with Crippen LogP contribution in [0.15, 0.2) is 126 Å². The minimum Gasteiger partial charge on any atom is -0.868 e. The maximum atomic E-state index is 13.9. The number of nitrogens with zero attached hydrogens (tertiary/aromatic N) is 2. The molecule has 0 saturated carbocycles. The van der Waals surface area contributed by atoms with E-state index in [-0.39, 0.29) is 29.3 Å². The molecule has 1 aromatic heterocycles. The van der Waals surface area contributed by atoms with Crippen LogP contribution in [0.2, 0.25) is 0 Å². The van der Waals surface area contributed by atoms with Crippen LogP contribution in [-0.2, 0) is 18.9 Å². The van der Waals surface area contributed by atoms with Crippen molar-refractivity contribution in [3.8, 4) is 11.5 Å². The van der Waals surface area contributed by atoms with Crippen LogP contribution in [0.1, 0.15) is 41.1 Å². The highest BCUT2D eigenvalue weighted by atomic mass is 19.4. The molecule has 0 unspecified atom stereocenters. The van der Waals surface area contributed by atoms with Crippen LogP contribution >= 0.6 is 0 Å². The normalized spacial score (nSPS) is 21.5. The largest absolute Gasteiger partial charge is 0.868 e. The van der Waals surface area contributed by atoms with Gasteiger partial charge in [-0.1, -0.05) is 54.6 Å². The predicted molar refractivity (Wildman–Crippen MR) is 215 cm³/mol. The number of piperidine rings is 3. The number of nitrogens with one attached hydrogen (secondary N) is 2. The summed E-state index contributed by atoms with van der Waals surface area (Å²) in [5.41, 5.74) is -2.61. The summed E-state index contributed by atoms with van der Waals surface area (Å²) in [5.74, 6) is -0.131. The molecule has 7 nitrogen and oxygen atoms in total. The highest BCUT2D eigenvalue weighted by molar-refractivity contribution is 6.02. The summed E-state index contributed by atoms with van der Waals surface area (Å²) in [4.78, 5) is 22.0. The van der Waals surface area contributed by atoms with Crippen LogP contribution in [0, 0.1) is 11.8 Å². The number of aromatic amines is 1. The number of benzene rings is 5. The molecule has 7 aromatic rings. The number of quaternary nitrogens is 1. The summed E-state index contributed by atoms with van der Waals surface area (Å²) in [6.07, 6.45) is -4.90. The van der Waals surface area contributed by atoms with Crippen molar-refractivity contribution in [3.05, 3.63) is 154 Å². The molecule has 0 spiro atoms. The number of H-pyrrole nitrogens is 1. The Morgan fingerprint density at radius 3 is 2.22 bits per heavy atom. The topological polar surface area (TPSA) is 87.9 Å². The Morgan fingerprint density at radius 1 is 0.917 bits per heavy atom. The molecule has 3 aliphatic rings. The second-order valence-electron chi connectivity index (χ2n) is 16.1. The van der Waals surface area contributed by atoms with Crippen molar-refractivity contribution in [1.82, 2.24) is 0 Å². The standard InChI is InChI=1S/C47H38F6N4O3/c1-3-26-24-57(25-38-34-10-6-4-8-28(34)18-29-9-5-7-11-35(29)38)17-15-27(26)19-40(57)41(36-14-16-54-39-13-12-33(60-2)23-37(36)39)56-43-42(44(58)45(43)59)55-32-21-30(46(48,49)50)20-31(22-32)47(51,52)53/h3-14,16,18,20-23,26-27,40-41H,1,15,17,19,24-25H2,2H3,(H-,55,56,58,59)/p+1/t26-,27-,40-,41-,57-/m0/s1. The van der Waals surface area contributed by atoms with Crippen molar-refractivity contribution in [1.29, 1.82) is 0 Å². The van der Waals surface area contributed by atoms with Gasteiger partial charge >= 0.3 is 12.4 Å². The van der Waals surface area contributed by atoms with E-state index >= 15 is 0 Å².